The minimum absolute atomic E-state index is 0.128. The van der Waals surface area contributed by atoms with Gasteiger partial charge >= 0.3 is 5.97 Å². The van der Waals surface area contributed by atoms with Gasteiger partial charge in [0, 0.05) is 11.9 Å². The van der Waals surface area contributed by atoms with E-state index in [0.717, 1.165) is 5.69 Å². The minimum atomic E-state index is -0.473. The number of hydrogen-bond donors (Lipinski definition) is 0. The molecule has 0 aliphatic heterocycles. The summed E-state index contributed by atoms with van der Waals surface area (Å²) in [5.74, 6) is -0.282. The lowest BCUT2D eigenvalue weighted by molar-refractivity contribution is 0.0735. The van der Waals surface area contributed by atoms with Crippen molar-refractivity contribution in [3.63, 3.8) is 0 Å². The van der Waals surface area contributed by atoms with Crippen molar-refractivity contribution in [3.8, 4) is 5.75 Å². The second-order valence-electron chi connectivity index (χ2n) is 5.06. The van der Waals surface area contributed by atoms with Gasteiger partial charge in [-0.15, -0.1) is 0 Å². The van der Waals surface area contributed by atoms with E-state index in [2.05, 4.69) is 0 Å². The van der Waals surface area contributed by atoms with Crippen LogP contribution >= 0.6 is 0 Å². The topological polar surface area (TPSA) is 47.8 Å². The van der Waals surface area contributed by atoms with Gasteiger partial charge < -0.3 is 9.14 Å². The normalized spacial score (nSPS) is 10.6. The smallest absolute Gasteiger partial charge is 0.343 e. The lowest BCUT2D eigenvalue weighted by Crippen LogP contribution is -2.10. The maximum Gasteiger partial charge on any atom is 0.343 e. The molecule has 0 bridgehead atoms. The van der Waals surface area contributed by atoms with Crippen LogP contribution < -0.4 is 4.74 Å². The van der Waals surface area contributed by atoms with Crippen LogP contribution in [0.15, 0.2) is 54.7 Å². The van der Waals surface area contributed by atoms with Crippen LogP contribution in [0.5, 0.6) is 5.75 Å². The Labute approximate surface area is 128 Å². The van der Waals surface area contributed by atoms with Crippen LogP contribution in [0.1, 0.15) is 33.3 Å². The number of aryl methyl sites for hydroxylation is 1. The molecule has 0 saturated heterocycles. The average Bonchev–Trinajstić information content (AvgIpc) is 2.81. The van der Waals surface area contributed by atoms with Gasteiger partial charge in [-0.1, -0.05) is 24.3 Å². The van der Waals surface area contributed by atoms with Crippen molar-refractivity contribution in [2.24, 2.45) is 0 Å². The third-order valence-electron chi connectivity index (χ3n) is 3.60. The Morgan fingerprint density at radius 3 is 2.36 bits per heavy atom. The van der Waals surface area contributed by atoms with Gasteiger partial charge in [-0.3, -0.25) is 4.79 Å². The number of benzene rings is 1. The fraction of sp³-hybridized carbons (Fsp3) is 0.111. The van der Waals surface area contributed by atoms with Crippen molar-refractivity contribution >= 4 is 17.3 Å². The molecule has 0 unspecified atom stereocenters. The molecule has 0 atom stereocenters. The van der Waals surface area contributed by atoms with E-state index >= 15 is 0 Å². The molecule has 0 aliphatic carbocycles. The SMILES string of the molecule is CC(=O)c1c(OC(=O)c2ccccc2)c2ccccn2c1C. The lowest BCUT2D eigenvalue weighted by atomic mass is 10.1. The summed E-state index contributed by atoms with van der Waals surface area (Å²) in [6, 6.07) is 14.3. The van der Waals surface area contributed by atoms with Gasteiger partial charge in [0.2, 0.25) is 0 Å². The van der Waals surface area contributed by atoms with Crippen LogP contribution in [0.25, 0.3) is 5.52 Å². The number of rotatable bonds is 3. The molecule has 0 amide bonds. The van der Waals surface area contributed by atoms with Crippen molar-refractivity contribution in [2.75, 3.05) is 0 Å². The number of hydrogen-bond acceptors (Lipinski definition) is 3. The second-order valence-corrected chi connectivity index (χ2v) is 5.06. The molecule has 0 spiro atoms. The molecule has 4 heteroatoms. The number of nitrogens with zero attached hydrogens (tertiary/aromatic N) is 1. The highest BCUT2D eigenvalue weighted by Crippen LogP contribution is 2.32. The summed E-state index contributed by atoms with van der Waals surface area (Å²) in [5, 5.41) is 0. The number of carbonyl (C=O) groups is 2. The molecule has 22 heavy (non-hydrogen) atoms. The largest absolute Gasteiger partial charge is 0.420 e. The van der Waals surface area contributed by atoms with Crippen molar-refractivity contribution in [1.29, 1.82) is 0 Å². The predicted octanol–water partition coefficient (Wildman–Crippen LogP) is 3.67. The second kappa shape index (κ2) is 5.48. The standard InChI is InChI=1S/C18H15NO3/c1-12-16(13(2)20)17(15-10-6-7-11-19(12)15)22-18(21)14-8-4-3-5-9-14/h3-11H,1-2H3. The summed E-state index contributed by atoms with van der Waals surface area (Å²) in [4.78, 5) is 24.3. The summed E-state index contributed by atoms with van der Waals surface area (Å²) < 4.78 is 7.40. The Balaban J connectivity index is 2.12. The fourth-order valence-corrected chi connectivity index (χ4v) is 2.58. The number of Topliss-reactive ketones (excluding diaryl/α,β-unsaturated/α-hetero) is 1. The molecule has 4 nitrogen and oxygen atoms in total. The van der Waals surface area contributed by atoms with Crippen LogP contribution in [-0.4, -0.2) is 16.2 Å². The first-order valence-electron chi connectivity index (χ1n) is 6.97. The highest BCUT2D eigenvalue weighted by atomic mass is 16.5. The highest BCUT2D eigenvalue weighted by molar-refractivity contribution is 6.03. The van der Waals surface area contributed by atoms with Gasteiger partial charge in [-0.25, -0.2) is 4.79 Å². The van der Waals surface area contributed by atoms with Gasteiger partial charge in [-0.05, 0) is 38.1 Å². The van der Waals surface area contributed by atoms with Crippen LogP contribution in [0.3, 0.4) is 0 Å². The first kappa shape index (κ1) is 14.1. The average molecular weight is 293 g/mol. The van der Waals surface area contributed by atoms with Gasteiger partial charge in [0.1, 0.15) is 0 Å². The number of fused-ring (bicyclic) bond motifs is 1. The van der Waals surface area contributed by atoms with Crippen LogP contribution in [0, 0.1) is 6.92 Å². The Kier molecular flexibility index (Phi) is 3.51. The monoisotopic (exact) mass is 293 g/mol. The summed E-state index contributed by atoms with van der Waals surface area (Å²) in [5.41, 5.74) is 2.36. The zero-order chi connectivity index (χ0) is 15.7. The summed E-state index contributed by atoms with van der Waals surface area (Å²) in [7, 11) is 0. The molecule has 0 saturated carbocycles. The molecule has 110 valence electrons. The number of aromatic nitrogens is 1. The van der Waals surface area contributed by atoms with E-state index in [1.807, 2.05) is 41.8 Å². The molecular weight excluding hydrogens is 278 g/mol. The van der Waals surface area contributed by atoms with Crippen molar-refractivity contribution in [3.05, 3.63) is 71.5 Å². The van der Waals surface area contributed by atoms with Gasteiger partial charge in [0.15, 0.2) is 11.5 Å². The van der Waals surface area contributed by atoms with E-state index in [-0.39, 0.29) is 5.78 Å². The van der Waals surface area contributed by atoms with E-state index in [1.54, 1.807) is 24.3 Å². The van der Waals surface area contributed by atoms with Crippen molar-refractivity contribution in [2.45, 2.75) is 13.8 Å². The van der Waals surface area contributed by atoms with Crippen molar-refractivity contribution < 1.29 is 14.3 Å². The Morgan fingerprint density at radius 2 is 1.68 bits per heavy atom. The molecule has 1 aromatic carbocycles. The van der Waals surface area contributed by atoms with E-state index < -0.39 is 5.97 Å². The number of ketones is 1. The number of carbonyl (C=O) groups excluding carboxylic acids is 2. The Bertz CT molecular complexity index is 863. The molecule has 2 aromatic heterocycles. The van der Waals surface area contributed by atoms with Crippen molar-refractivity contribution in [1.82, 2.24) is 4.40 Å². The number of ether oxygens (including phenoxy) is 1. The van der Waals surface area contributed by atoms with Gasteiger partial charge in [0.25, 0.3) is 0 Å². The van der Waals surface area contributed by atoms with Crippen LogP contribution in [0.2, 0.25) is 0 Å². The third kappa shape index (κ3) is 2.29. The quantitative estimate of drug-likeness (QED) is 0.547. The van der Waals surface area contributed by atoms with E-state index in [9.17, 15) is 9.59 Å². The third-order valence-corrected chi connectivity index (χ3v) is 3.60. The maximum atomic E-state index is 12.3. The van der Waals surface area contributed by atoms with E-state index in [1.165, 1.54) is 6.92 Å². The summed E-state index contributed by atoms with van der Waals surface area (Å²) >= 11 is 0. The molecule has 0 aliphatic rings. The molecule has 0 radical (unpaired) electrons. The molecular formula is C18H15NO3. The van der Waals surface area contributed by atoms with E-state index in [0.29, 0.717) is 22.4 Å². The predicted molar refractivity (Wildman–Crippen MR) is 83.5 cm³/mol. The molecule has 3 aromatic rings. The minimum Gasteiger partial charge on any atom is -0.420 e. The zero-order valence-corrected chi connectivity index (χ0v) is 12.4. The summed E-state index contributed by atoms with van der Waals surface area (Å²) in [6.45, 7) is 3.31. The number of pyridine rings is 1. The molecule has 2 heterocycles. The lowest BCUT2D eigenvalue weighted by Gasteiger charge is -2.05. The zero-order valence-electron chi connectivity index (χ0n) is 12.4. The fourth-order valence-electron chi connectivity index (χ4n) is 2.58. The first-order chi connectivity index (χ1) is 10.6. The maximum absolute atomic E-state index is 12.3. The van der Waals surface area contributed by atoms with Crippen LogP contribution in [-0.2, 0) is 0 Å². The molecule has 0 N–H and O–H groups in total. The highest BCUT2D eigenvalue weighted by Gasteiger charge is 2.22. The Morgan fingerprint density at radius 1 is 1.00 bits per heavy atom. The Hall–Kier alpha value is -2.88. The van der Waals surface area contributed by atoms with Crippen LogP contribution in [0.4, 0.5) is 0 Å². The van der Waals surface area contributed by atoms with E-state index in [4.69, 9.17) is 4.74 Å². The molecule has 0 fully saturated rings. The summed E-state index contributed by atoms with van der Waals surface area (Å²) in [6.07, 6.45) is 1.84. The number of esters is 1. The first-order valence-corrected chi connectivity index (χ1v) is 6.97. The van der Waals surface area contributed by atoms with Gasteiger partial charge in [-0.2, -0.15) is 0 Å². The molecule has 3 rings (SSSR count). The van der Waals surface area contributed by atoms with Gasteiger partial charge in [0.05, 0.1) is 16.6 Å².